The lowest BCUT2D eigenvalue weighted by molar-refractivity contribution is 1.15. The van der Waals surface area contributed by atoms with Crippen LogP contribution in [0.5, 0.6) is 0 Å². The summed E-state index contributed by atoms with van der Waals surface area (Å²) in [5, 5.41) is 3.30. The average Bonchev–Trinajstić information content (AvgIpc) is 2.33. The molecule has 0 amide bonds. The van der Waals surface area contributed by atoms with Gasteiger partial charge in [0.1, 0.15) is 0 Å². The summed E-state index contributed by atoms with van der Waals surface area (Å²) in [5.74, 6) is 0. The highest BCUT2D eigenvalue weighted by atomic mass is 14.9. The molecule has 0 aliphatic rings. The van der Waals surface area contributed by atoms with Crippen molar-refractivity contribution in [3.05, 3.63) is 47.5 Å². The summed E-state index contributed by atoms with van der Waals surface area (Å²) < 4.78 is 0. The minimum Gasteiger partial charge on any atom is -0.399 e. The third-order valence-corrected chi connectivity index (χ3v) is 2.93. The molecule has 2 aromatic carbocycles. The zero-order valence-electron chi connectivity index (χ0n) is 10.4. The molecule has 0 aromatic heterocycles. The maximum Gasteiger partial charge on any atom is 0.0606 e. The molecule has 4 heteroatoms. The Morgan fingerprint density at radius 1 is 1.00 bits per heavy atom. The summed E-state index contributed by atoms with van der Waals surface area (Å²) in [6.45, 7) is 2.62. The molecule has 0 fully saturated rings. The van der Waals surface area contributed by atoms with Crippen molar-refractivity contribution in [2.24, 2.45) is 0 Å². The number of nitrogens with two attached hydrogens (primary N) is 3. The summed E-state index contributed by atoms with van der Waals surface area (Å²) in [5.41, 5.74) is 22.8. The van der Waals surface area contributed by atoms with Crippen LogP contribution in [0.1, 0.15) is 11.1 Å². The van der Waals surface area contributed by atoms with E-state index in [0.717, 1.165) is 28.2 Å². The highest BCUT2D eigenvalue weighted by molar-refractivity contribution is 5.70. The molecule has 0 atom stereocenters. The fourth-order valence-corrected chi connectivity index (χ4v) is 1.89. The molecular formula is C14H18N4. The van der Waals surface area contributed by atoms with Crippen LogP contribution < -0.4 is 22.5 Å². The fourth-order valence-electron chi connectivity index (χ4n) is 1.89. The second kappa shape index (κ2) is 4.87. The zero-order valence-corrected chi connectivity index (χ0v) is 10.4. The van der Waals surface area contributed by atoms with Crippen molar-refractivity contribution in [1.82, 2.24) is 0 Å². The molecule has 0 unspecified atom stereocenters. The molecule has 0 heterocycles. The molecule has 2 aromatic rings. The first kappa shape index (κ1) is 12.1. The molecule has 18 heavy (non-hydrogen) atoms. The van der Waals surface area contributed by atoms with E-state index in [1.807, 2.05) is 37.3 Å². The van der Waals surface area contributed by atoms with Crippen LogP contribution >= 0.6 is 0 Å². The summed E-state index contributed by atoms with van der Waals surface area (Å²) in [6.07, 6.45) is 0. The quantitative estimate of drug-likeness (QED) is 0.622. The van der Waals surface area contributed by atoms with E-state index in [2.05, 4.69) is 5.32 Å². The Morgan fingerprint density at radius 3 is 2.50 bits per heavy atom. The second-order valence-corrected chi connectivity index (χ2v) is 4.35. The van der Waals surface area contributed by atoms with Crippen molar-refractivity contribution >= 4 is 22.7 Å². The van der Waals surface area contributed by atoms with E-state index in [1.165, 1.54) is 0 Å². The smallest absolute Gasteiger partial charge is 0.0606 e. The first-order valence-corrected chi connectivity index (χ1v) is 5.81. The van der Waals surface area contributed by atoms with E-state index in [1.54, 1.807) is 6.07 Å². The van der Waals surface area contributed by atoms with Crippen molar-refractivity contribution in [2.75, 3.05) is 22.5 Å². The number of para-hydroxylation sites is 1. The summed E-state index contributed by atoms with van der Waals surface area (Å²) in [7, 11) is 0. The Morgan fingerprint density at radius 2 is 1.78 bits per heavy atom. The fraction of sp³-hybridized carbons (Fsp3) is 0.143. The van der Waals surface area contributed by atoms with Crippen LogP contribution in [0.3, 0.4) is 0 Å². The maximum absolute atomic E-state index is 5.94. The van der Waals surface area contributed by atoms with Gasteiger partial charge in [-0.25, -0.2) is 0 Å². The second-order valence-electron chi connectivity index (χ2n) is 4.35. The van der Waals surface area contributed by atoms with Gasteiger partial charge in [-0.15, -0.1) is 0 Å². The predicted octanol–water partition coefficient (Wildman–Crippen LogP) is 2.35. The maximum atomic E-state index is 5.94. The number of hydrogen-bond donors (Lipinski definition) is 4. The minimum absolute atomic E-state index is 0.603. The van der Waals surface area contributed by atoms with Crippen molar-refractivity contribution < 1.29 is 0 Å². The van der Waals surface area contributed by atoms with E-state index in [4.69, 9.17) is 17.2 Å². The van der Waals surface area contributed by atoms with Crippen LogP contribution in [-0.2, 0) is 6.54 Å². The number of rotatable bonds is 3. The summed E-state index contributed by atoms with van der Waals surface area (Å²) in [4.78, 5) is 0. The molecular weight excluding hydrogens is 224 g/mol. The highest BCUT2D eigenvalue weighted by Gasteiger charge is 2.04. The van der Waals surface area contributed by atoms with Gasteiger partial charge in [-0.2, -0.15) is 0 Å². The van der Waals surface area contributed by atoms with Crippen LogP contribution in [-0.4, -0.2) is 0 Å². The largest absolute Gasteiger partial charge is 0.399 e. The highest BCUT2D eigenvalue weighted by Crippen LogP contribution is 2.24. The molecule has 0 radical (unpaired) electrons. The Balaban J connectivity index is 2.19. The van der Waals surface area contributed by atoms with Crippen LogP contribution in [0.4, 0.5) is 22.7 Å². The lowest BCUT2D eigenvalue weighted by Gasteiger charge is -2.13. The molecule has 0 saturated heterocycles. The van der Waals surface area contributed by atoms with Gasteiger partial charge >= 0.3 is 0 Å². The van der Waals surface area contributed by atoms with Gasteiger partial charge in [-0.1, -0.05) is 12.1 Å². The van der Waals surface area contributed by atoms with Crippen LogP contribution in [0.25, 0.3) is 0 Å². The van der Waals surface area contributed by atoms with Gasteiger partial charge in [0.05, 0.1) is 11.4 Å². The van der Waals surface area contributed by atoms with Crippen molar-refractivity contribution in [3.63, 3.8) is 0 Å². The van der Waals surface area contributed by atoms with Crippen LogP contribution in [0, 0.1) is 6.92 Å². The van der Waals surface area contributed by atoms with Crippen molar-refractivity contribution in [1.29, 1.82) is 0 Å². The number of nitrogens with one attached hydrogen (secondary N) is 1. The number of hydrogen-bond acceptors (Lipinski definition) is 4. The standard InChI is InChI=1S/C14H18N4/c1-9-3-2-4-13(17)14(9)18-8-10-7-11(15)5-6-12(10)16/h2-7,18H,8,15-17H2,1H3. The van der Waals surface area contributed by atoms with Crippen LogP contribution in [0.15, 0.2) is 36.4 Å². The van der Waals surface area contributed by atoms with Gasteiger partial charge in [-0.05, 0) is 42.3 Å². The van der Waals surface area contributed by atoms with Crippen LogP contribution in [0.2, 0.25) is 0 Å². The van der Waals surface area contributed by atoms with E-state index in [0.29, 0.717) is 12.2 Å². The Kier molecular flexibility index (Phi) is 3.28. The topological polar surface area (TPSA) is 90.1 Å². The molecule has 2 rings (SSSR count). The van der Waals surface area contributed by atoms with Gasteiger partial charge in [-0.3, -0.25) is 0 Å². The molecule has 0 bridgehead atoms. The van der Waals surface area contributed by atoms with E-state index in [9.17, 15) is 0 Å². The molecule has 0 aliphatic heterocycles. The molecule has 94 valence electrons. The van der Waals surface area contributed by atoms with E-state index in [-0.39, 0.29) is 0 Å². The molecule has 0 saturated carbocycles. The Hall–Kier alpha value is -2.36. The van der Waals surface area contributed by atoms with Gasteiger partial charge in [0.15, 0.2) is 0 Å². The molecule has 7 N–H and O–H groups in total. The number of aryl methyl sites for hydroxylation is 1. The van der Waals surface area contributed by atoms with Gasteiger partial charge in [0.2, 0.25) is 0 Å². The molecule has 4 nitrogen and oxygen atoms in total. The number of anilines is 4. The van der Waals surface area contributed by atoms with Gasteiger partial charge in [0.25, 0.3) is 0 Å². The third-order valence-electron chi connectivity index (χ3n) is 2.93. The van der Waals surface area contributed by atoms with Crippen molar-refractivity contribution in [2.45, 2.75) is 13.5 Å². The molecule has 0 spiro atoms. The predicted molar refractivity (Wildman–Crippen MR) is 78.2 cm³/mol. The lowest BCUT2D eigenvalue weighted by atomic mass is 10.1. The van der Waals surface area contributed by atoms with Gasteiger partial charge < -0.3 is 22.5 Å². The first-order valence-electron chi connectivity index (χ1n) is 5.81. The third kappa shape index (κ3) is 2.48. The average molecular weight is 242 g/mol. The minimum atomic E-state index is 0.603. The normalized spacial score (nSPS) is 10.3. The van der Waals surface area contributed by atoms with Crippen molar-refractivity contribution in [3.8, 4) is 0 Å². The summed E-state index contributed by atoms with van der Waals surface area (Å²) in [6, 6.07) is 11.3. The Bertz CT molecular complexity index is 543. The lowest BCUT2D eigenvalue weighted by Crippen LogP contribution is -2.06. The molecule has 0 aliphatic carbocycles. The van der Waals surface area contributed by atoms with E-state index < -0.39 is 0 Å². The monoisotopic (exact) mass is 242 g/mol. The van der Waals surface area contributed by atoms with E-state index >= 15 is 0 Å². The number of benzene rings is 2. The first-order chi connectivity index (χ1) is 8.58. The van der Waals surface area contributed by atoms with Gasteiger partial charge in [0, 0.05) is 17.9 Å². The Labute approximate surface area is 107 Å². The number of nitrogen functional groups attached to an aromatic ring is 3. The zero-order chi connectivity index (χ0) is 13.1. The summed E-state index contributed by atoms with van der Waals surface area (Å²) >= 11 is 0. The SMILES string of the molecule is Cc1cccc(N)c1NCc1cc(N)ccc1N.